The average molecular weight is 171 g/mol. The highest BCUT2D eigenvalue weighted by molar-refractivity contribution is 5.67. The summed E-state index contributed by atoms with van der Waals surface area (Å²) < 4.78 is 5.16. The number of hydrogen-bond donors (Lipinski definition) is 1. The van der Waals surface area contributed by atoms with Crippen molar-refractivity contribution in [3.8, 4) is 0 Å². The molecule has 1 aliphatic heterocycles. The Morgan fingerprint density at radius 1 is 1.83 bits per heavy atom. The van der Waals surface area contributed by atoms with Gasteiger partial charge in [0.2, 0.25) is 0 Å². The summed E-state index contributed by atoms with van der Waals surface area (Å²) in [5.74, 6) is 0. The van der Waals surface area contributed by atoms with Crippen molar-refractivity contribution >= 4 is 6.09 Å². The fourth-order valence-corrected chi connectivity index (χ4v) is 0.964. The summed E-state index contributed by atoms with van der Waals surface area (Å²) in [6.45, 7) is 5.26. The first-order valence-corrected chi connectivity index (χ1v) is 4.21. The van der Waals surface area contributed by atoms with Gasteiger partial charge < -0.3 is 15.0 Å². The molecular weight excluding hydrogens is 156 g/mol. The van der Waals surface area contributed by atoms with Crippen LogP contribution in [0.1, 0.15) is 13.3 Å². The van der Waals surface area contributed by atoms with Gasteiger partial charge in [0, 0.05) is 33.1 Å². The van der Waals surface area contributed by atoms with Crippen LogP contribution in [0.3, 0.4) is 0 Å². The van der Waals surface area contributed by atoms with E-state index in [0.717, 1.165) is 13.0 Å². The second-order valence-corrected chi connectivity index (χ2v) is 2.87. The fourth-order valence-electron chi connectivity index (χ4n) is 0.964. The van der Waals surface area contributed by atoms with E-state index in [1.165, 1.54) is 0 Å². The van der Waals surface area contributed by atoms with E-state index in [1.54, 1.807) is 11.9 Å². The SMILES string of the molecule is CCN(C)C(=O)OC1C[CH]NC1. The molecule has 1 atom stereocenters. The van der Waals surface area contributed by atoms with Gasteiger partial charge in [0.1, 0.15) is 6.10 Å². The third-order valence-electron chi connectivity index (χ3n) is 1.92. The van der Waals surface area contributed by atoms with Gasteiger partial charge in [-0.1, -0.05) is 0 Å². The second-order valence-electron chi connectivity index (χ2n) is 2.87. The van der Waals surface area contributed by atoms with Crippen molar-refractivity contribution in [1.29, 1.82) is 0 Å². The lowest BCUT2D eigenvalue weighted by atomic mass is 10.3. The van der Waals surface area contributed by atoms with E-state index in [1.807, 2.05) is 13.5 Å². The molecule has 0 aromatic heterocycles. The molecule has 1 radical (unpaired) electrons. The van der Waals surface area contributed by atoms with Gasteiger partial charge in [0.05, 0.1) is 0 Å². The van der Waals surface area contributed by atoms with Crippen LogP contribution in [0.25, 0.3) is 0 Å². The van der Waals surface area contributed by atoms with Crippen molar-refractivity contribution in [2.75, 3.05) is 20.1 Å². The third kappa shape index (κ3) is 2.37. The van der Waals surface area contributed by atoms with E-state index in [-0.39, 0.29) is 12.2 Å². The second kappa shape index (κ2) is 4.30. The van der Waals surface area contributed by atoms with E-state index in [2.05, 4.69) is 5.32 Å². The normalized spacial score (nSPS) is 22.3. The molecule has 0 bridgehead atoms. The lowest BCUT2D eigenvalue weighted by Gasteiger charge is -2.17. The van der Waals surface area contributed by atoms with Crippen molar-refractivity contribution in [2.45, 2.75) is 19.4 Å². The standard InChI is InChI=1S/C8H15N2O2/c1-3-10(2)8(11)12-7-4-5-9-6-7/h5,7,9H,3-4,6H2,1-2H3. The van der Waals surface area contributed by atoms with Crippen LogP contribution in [0.2, 0.25) is 0 Å². The van der Waals surface area contributed by atoms with Crippen LogP contribution in [0.5, 0.6) is 0 Å². The van der Waals surface area contributed by atoms with E-state index in [0.29, 0.717) is 6.54 Å². The molecule has 4 heteroatoms. The molecule has 1 saturated heterocycles. The van der Waals surface area contributed by atoms with Crippen LogP contribution in [-0.2, 0) is 4.74 Å². The number of carbonyl (C=O) groups is 1. The first-order chi connectivity index (χ1) is 5.74. The molecule has 1 aliphatic rings. The molecular formula is C8H15N2O2. The summed E-state index contributed by atoms with van der Waals surface area (Å²) in [6, 6.07) is 0. The minimum atomic E-state index is -0.236. The predicted octanol–water partition coefficient (Wildman–Crippen LogP) is 0.598. The lowest BCUT2D eigenvalue weighted by Crippen LogP contribution is -2.31. The van der Waals surface area contributed by atoms with E-state index < -0.39 is 0 Å². The quantitative estimate of drug-likeness (QED) is 0.661. The topological polar surface area (TPSA) is 41.6 Å². The number of ether oxygens (including phenoxy) is 1. The van der Waals surface area contributed by atoms with E-state index in [4.69, 9.17) is 4.74 Å². The van der Waals surface area contributed by atoms with Gasteiger partial charge in [-0.2, -0.15) is 0 Å². The molecule has 1 heterocycles. The molecule has 1 amide bonds. The third-order valence-corrected chi connectivity index (χ3v) is 1.92. The summed E-state index contributed by atoms with van der Waals surface area (Å²) >= 11 is 0. The van der Waals surface area contributed by atoms with Crippen molar-refractivity contribution in [3.05, 3.63) is 6.54 Å². The Labute approximate surface area is 72.9 Å². The molecule has 1 unspecified atom stereocenters. The summed E-state index contributed by atoms with van der Waals surface area (Å²) in [7, 11) is 1.73. The van der Waals surface area contributed by atoms with Crippen LogP contribution >= 0.6 is 0 Å². The molecule has 0 aromatic rings. The van der Waals surface area contributed by atoms with Gasteiger partial charge in [-0.3, -0.25) is 0 Å². The van der Waals surface area contributed by atoms with Gasteiger partial charge >= 0.3 is 6.09 Å². The molecule has 0 spiro atoms. The minimum absolute atomic E-state index is 0.0199. The zero-order valence-corrected chi connectivity index (χ0v) is 7.54. The molecule has 0 aliphatic carbocycles. The largest absolute Gasteiger partial charge is 0.445 e. The maximum atomic E-state index is 11.2. The number of rotatable bonds is 2. The number of nitrogens with one attached hydrogen (secondary N) is 1. The van der Waals surface area contributed by atoms with E-state index >= 15 is 0 Å². The molecule has 69 valence electrons. The van der Waals surface area contributed by atoms with E-state index in [9.17, 15) is 4.79 Å². The Kier molecular flexibility index (Phi) is 3.34. The maximum absolute atomic E-state index is 11.2. The molecule has 1 rings (SSSR count). The first-order valence-electron chi connectivity index (χ1n) is 4.21. The average Bonchev–Trinajstić information content (AvgIpc) is 2.55. The summed E-state index contributed by atoms with van der Waals surface area (Å²) in [5, 5.41) is 3.01. The zero-order chi connectivity index (χ0) is 8.97. The van der Waals surface area contributed by atoms with Crippen molar-refractivity contribution in [2.24, 2.45) is 0 Å². The molecule has 4 nitrogen and oxygen atoms in total. The van der Waals surface area contributed by atoms with Crippen molar-refractivity contribution in [1.82, 2.24) is 10.2 Å². The summed E-state index contributed by atoms with van der Waals surface area (Å²) in [6.07, 6.45) is 0.592. The number of nitrogens with zero attached hydrogens (tertiary/aromatic N) is 1. The Bertz CT molecular complexity index is 155. The first kappa shape index (κ1) is 9.32. The molecule has 0 saturated carbocycles. The van der Waals surface area contributed by atoms with Gasteiger partial charge in [-0.25, -0.2) is 4.79 Å². The van der Waals surface area contributed by atoms with Crippen LogP contribution in [-0.4, -0.2) is 37.2 Å². The van der Waals surface area contributed by atoms with Crippen molar-refractivity contribution < 1.29 is 9.53 Å². The van der Waals surface area contributed by atoms with Gasteiger partial charge in [-0.15, -0.1) is 0 Å². The molecule has 1 fully saturated rings. The van der Waals surface area contributed by atoms with Crippen LogP contribution < -0.4 is 5.32 Å². The monoisotopic (exact) mass is 171 g/mol. The molecule has 0 aromatic carbocycles. The van der Waals surface area contributed by atoms with Crippen LogP contribution in [0.15, 0.2) is 0 Å². The minimum Gasteiger partial charge on any atom is -0.445 e. The summed E-state index contributed by atoms with van der Waals surface area (Å²) in [5.41, 5.74) is 0. The van der Waals surface area contributed by atoms with Crippen molar-refractivity contribution in [3.63, 3.8) is 0 Å². The molecule has 1 N–H and O–H groups in total. The maximum Gasteiger partial charge on any atom is 0.409 e. The Balaban J connectivity index is 2.25. The zero-order valence-electron chi connectivity index (χ0n) is 7.54. The highest BCUT2D eigenvalue weighted by Crippen LogP contribution is 2.07. The molecule has 12 heavy (non-hydrogen) atoms. The smallest absolute Gasteiger partial charge is 0.409 e. The Hall–Kier alpha value is -0.770. The Morgan fingerprint density at radius 3 is 3.08 bits per heavy atom. The Morgan fingerprint density at radius 2 is 2.58 bits per heavy atom. The van der Waals surface area contributed by atoms with Gasteiger partial charge in [0.15, 0.2) is 0 Å². The highest BCUT2D eigenvalue weighted by Gasteiger charge is 2.20. The van der Waals surface area contributed by atoms with Crippen LogP contribution in [0, 0.1) is 6.54 Å². The van der Waals surface area contributed by atoms with Crippen LogP contribution in [0.4, 0.5) is 4.79 Å². The van der Waals surface area contributed by atoms with Gasteiger partial charge in [-0.05, 0) is 6.92 Å². The fraction of sp³-hybridized carbons (Fsp3) is 0.750. The van der Waals surface area contributed by atoms with Gasteiger partial charge in [0.25, 0.3) is 0 Å². The lowest BCUT2D eigenvalue weighted by molar-refractivity contribution is 0.0791. The number of amides is 1. The summed E-state index contributed by atoms with van der Waals surface area (Å²) in [4.78, 5) is 12.7. The number of hydrogen-bond acceptors (Lipinski definition) is 3. The number of carbonyl (C=O) groups excluding carboxylic acids is 1. The highest BCUT2D eigenvalue weighted by atomic mass is 16.6. The predicted molar refractivity (Wildman–Crippen MR) is 45.5 cm³/mol.